The van der Waals surface area contributed by atoms with E-state index in [0.29, 0.717) is 18.9 Å². The van der Waals surface area contributed by atoms with E-state index in [4.69, 9.17) is 0 Å². The average molecular weight is 426 g/mol. The molecule has 0 spiro atoms. The number of aryl methyl sites for hydroxylation is 2. The van der Waals surface area contributed by atoms with Crippen molar-refractivity contribution in [2.75, 3.05) is 13.1 Å². The zero-order chi connectivity index (χ0) is 21.3. The predicted octanol–water partition coefficient (Wildman–Crippen LogP) is 3.30. The summed E-state index contributed by atoms with van der Waals surface area (Å²) >= 11 is 0. The Hall–Kier alpha value is -2.39. The van der Waals surface area contributed by atoms with E-state index < -0.39 is 45.0 Å². The number of carbonyl (C=O) groups excluding carboxylic acids is 1. The number of benzene rings is 2. The summed E-state index contributed by atoms with van der Waals surface area (Å²) in [5, 5.41) is 2.56. The highest BCUT2D eigenvalue weighted by atomic mass is 32.2. The van der Waals surface area contributed by atoms with Gasteiger partial charge in [-0.2, -0.15) is 4.31 Å². The summed E-state index contributed by atoms with van der Waals surface area (Å²) < 4.78 is 67.1. The van der Waals surface area contributed by atoms with Gasteiger partial charge in [0.1, 0.15) is 0 Å². The fourth-order valence-corrected chi connectivity index (χ4v) is 4.78. The van der Waals surface area contributed by atoms with Crippen molar-refractivity contribution in [1.82, 2.24) is 9.62 Å². The number of sulfonamides is 1. The summed E-state index contributed by atoms with van der Waals surface area (Å²) in [6.07, 6.45) is 0.641. The van der Waals surface area contributed by atoms with Gasteiger partial charge in [0.2, 0.25) is 10.0 Å². The number of carbonyl (C=O) groups is 1. The van der Waals surface area contributed by atoms with Crippen molar-refractivity contribution >= 4 is 15.9 Å². The normalized spacial score (nSPS) is 16.0. The molecular weight excluding hydrogens is 405 g/mol. The molecule has 1 fully saturated rings. The minimum atomic E-state index is -3.65. The van der Waals surface area contributed by atoms with Crippen LogP contribution in [0.1, 0.15) is 34.3 Å². The van der Waals surface area contributed by atoms with Crippen LogP contribution in [0, 0.1) is 31.3 Å². The third-order valence-corrected chi connectivity index (χ3v) is 7.08. The summed E-state index contributed by atoms with van der Waals surface area (Å²) in [5.74, 6) is -5.48. The van der Waals surface area contributed by atoms with Crippen LogP contribution in [-0.4, -0.2) is 37.8 Å². The van der Waals surface area contributed by atoms with Gasteiger partial charge in [0.15, 0.2) is 17.5 Å². The Morgan fingerprint density at radius 1 is 1.00 bits per heavy atom. The van der Waals surface area contributed by atoms with E-state index in [1.54, 1.807) is 18.2 Å². The lowest BCUT2D eigenvalue weighted by molar-refractivity contribution is 0.0918. The standard InChI is InChI=1S/C20H21F3N2O3S/c1-12-3-4-15(11-13(12)2)29(27,28)25-9-7-14(8-10-25)24-20(26)16-5-6-17(21)19(23)18(16)22/h3-6,11,14H,7-10H2,1-2H3,(H,24,26). The van der Waals surface area contributed by atoms with Crippen LogP contribution in [0.5, 0.6) is 0 Å². The molecular formula is C20H21F3N2O3S. The van der Waals surface area contributed by atoms with Crippen molar-refractivity contribution in [2.45, 2.75) is 37.6 Å². The fourth-order valence-electron chi connectivity index (χ4n) is 3.23. The molecule has 0 aromatic heterocycles. The molecule has 1 heterocycles. The van der Waals surface area contributed by atoms with Gasteiger partial charge >= 0.3 is 0 Å². The zero-order valence-electron chi connectivity index (χ0n) is 16.0. The second-order valence-corrected chi connectivity index (χ2v) is 9.06. The Labute approximate surface area is 167 Å². The maximum atomic E-state index is 13.8. The van der Waals surface area contributed by atoms with Crippen molar-refractivity contribution in [3.05, 3.63) is 64.5 Å². The summed E-state index contributed by atoms with van der Waals surface area (Å²) in [5.41, 5.74) is 1.28. The first-order valence-electron chi connectivity index (χ1n) is 9.13. The summed E-state index contributed by atoms with van der Waals surface area (Å²) in [4.78, 5) is 12.4. The van der Waals surface area contributed by atoms with E-state index >= 15 is 0 Å². The van der Waals surface area contributed by atoms with Gasteiger partial charge in [0.05, 0.1) is 10.5 Å². The number of amides is 1. The molecule has 1 N–H and O–H groups in total. The van der Waals surface area contributed by atoms with Crippen LogP contribution in [0.2, 0.25) is 0 Å². The van der Waals surface area contributed by atoms with Crippen LogP contribution in [0.3, 0.4) is 0 Å². The van der Waals surface area contributed by atoms with Crippen LogP contribution in [0.25, 0.3) is 0 Å². The number of hydrogen-bond donors (Lipinski definition) is 1. The Morgan fingerprint density at radius 3 is 2.28 bits per heavy atom. The van der Waals surface area contributed by atoms with Gasteiger partial charge in [0, 0.05) is 19.1 Å². The van der Waals surface area contributed by atoms with Gasteiger partial charge in [-0.05, 0) is 62.1 Å². The molecule has 2 aromatic rings. The first kappa shape index (κ1) is 21.3. The highest BCUT2D eigenvalue weighted by molar-refractivity contribution is 7.89. The zero-order valence-corrected chi connectivity index (χ0v) is 16.8. The Kier molecular flexibility index (Phi) is 6.00. The number of nitrogens with zero attached hydrogens (tertiary/aromatic N) is 1. The number of nitrogens with one attached hydrogen (secondary N) is 1. The molecule has 0 aliphatic carbocycles. The Bertz CT molecular complexity index is 1050. The van der Waals surface area contributed by atoms with Crippen molar-refractivity contribution in [3.63, 3.8) is 0 Å². The fraction of sp³-hybridized carbons (Fsp3) is 0.350. The third kappa shape index (κ3) is 4.30. The van der Waals surface area contributed by atoms with Crippen LogP contribution >= 0.6 is 0 Å². The molecule has 156 valence electrons. The molecule has 9 heteroatoms. The van der Waals surface area contributed by atoms with Gasteiger partial charge in [-0.3, -0.25) is 4.79 Å². The van der Waals surface area contributed by atoms with E-state index in [1.807, 2.05) is 13.8 Å². The number of halogens is 3. The largest absolute Gasteiger partial charge is 0.349 e. The Balaban J connectivity index is 1.65. The molecule has 1 saturated heterocycles. The third-order valence-electron chi connectivity index (χ3n) is 5.19. The average Bonchev–Trinajstić information content (AvgIpc) is 2.68. The number of rotatable bonds is 4. The molecule has 0 bridgehead atoms. The van der Waals surface area contributed by atoms with Gasteiger partial charge in [-0.25, -0.2) is 21.6 Å². The van der Waals surface area contributed by atoms with Crippen LogP contribution in [-0.2, 0) is 10.0 Å². The SMILES string of the molecule is Cc1ccc(S(=O)(=O)N2CCC(NC(=O)c3ccc(F)c(F)c3F)CC2)cc1C. The molecule has 0 saturated carbocycles. The van der Waals surface area contributed by atoms with E-state index in [-0.39, 0.29) is 18.0 Å². The number of piperidine rings is 1. The van der Waals surface area contributed by atoms with Crippen molar-refractivity contribution in [1.29, 1.82) is 0 Å². The van der Waals surface area contributed by atoms with Crippen molar-refractivity contribution in [3.8, 4) is 0 Å². The van der Waals surface area contributed by atoms with Gasteiger partial charge in [0.25, 0.3) is 5.91 Å². The van der Waals surface area contributed by atoms with Crippen LogP contribution in [0.4, 0.5) is 13.2 Å². The summed E-state index contributed by atoms with van der Waals surface area (Å²) in [7, 11) is -3.65. The summed E-state index contributed by atoms with van der Waals surface area (Å²) in [6.45, 7) is 4.10. The lowest BCUT2D eigenvalue weighted by atomic mass is 10.1. The smallest absolute Gasteiger partial charge is 0.254 e. The van der Waals surface area contributed by atoms with Crippen molar-refractivity contribution in [2.24, 2.45) is 0 Å². The molecule has 0 unspecified atom stereocenters. The lowest BCUT2D eigenvalue weighted by Gasteiger charge is -2.31. The maximum absolute atomic E-state index is 13.8. The molecule has 1 aliphatic heterocycles. The quantitative estimate of drug-likeness (QED) is 0.763. The van der Waals surface area contributed by atoms with Crippen LogP contribution in [0.15, 0.2) is 35.2 Å². The maximum Gasteiger partial charge on any atom is 0.254 e. The first-order chi connectivity index (χ1) is 13.6. The molecule has 5 nitrogen and oxygen atoms in total. The molecule has 1 amide bonds. The Morgan fingerprint density at radius 2 is 1.66 bits per heavy atom. The minimum absolute atomic E-state index is 0.181. The number of hydrogen-bond acceptors (Lipinski definition) is 3. The van der Waals surface area contributed by atoms with E-state index in [2.05, 4.69) is 5.32 Å². The molecule has 1 aliphatic rings. The van der Waals surface area contributed by atoms with E-state index in [0.717, 1.165) is 17.2 Å². The van der Waals surface area contributed by atoms with Gasteiger partial charge in [-0.1, -0.05) is 6.07 Å². The highest BCUT2D eigenvalue weighted by Crippen LogP contribution is 2.23. The monoisotopic (exact) mass is 426 g/mol. The predicted molar refractivity (Wildman–Crippen MR) is 101 cm³/mol. The minimum Gasteiger partial charge on any atom is -0.349 e. The second kappa shape index (κ2) is 8.16. The van der Waals surface area contributed by atoms with Crippen LogP contribution < -0.4 is 5.32 Å². The van der Waals surface area contributed by atoms with Gasteiger partial charge < -0.3 is 5.32 Å². The molecule has 0 radical (unpaired) electrons. The lowest BCUT2D eigenvalue weighted by Crippen LogP contribution is -2.46. The molecule has 2 aromatic carbocycles. The first-order valence-corrected chi connectivity index (χ1v) is 10.6. The van der Waals surface area contributed by atoms with E-state index in [1.165, 1.54) is 4.31 Å². The summed E-state index contributed by atoms with van der Waals surface area (Å²) in [6, 6.07) is 6.11. The highest BCUT2D eigenvalue weighted by Gasteiger charge is 2.31. The van der Waals surface area contributed by atoms with Crippen molar-refractivity contribution < 1.29 is 26.4 Å². The molecule has 29 heavy (non-hydrogen) atoms. The molecule has 0 atom stereocenters. The van der Waals surface area contributed by atoms with Gasteiger partial charge in [-0.15, -0.1) is 0 Å². The van der Waals surface area contributed by atoms with E-state index in [9.17, 15) is 26.4 Å². The molecule has 3 rings (SSSR count). The topological polar surface area (TPSA) is 66.5 Å². The second-order valence-electron chi connectivity index (χ2n) is 7.12.